The molecule has 0 atom stereocenters. The average Bonchev–Trinajstić information content (AvgIpc) is 3.46. The predicted octanol–water partition coefficient (Wildman–Crippen LogP) is 7.80. The van der Waals surface area contributed by atoms with E-state index in [0.717, 1.165) is 24.5 Å². The fourth-order valence-electron chi connectivity index (χ4n) is 5.27. The Morgan fingerprint density at radius 1 is 0.923 bits per heavy atom. The van der Waals surface area contributed by atoms with Gasteiger partial charge in [-0.05, 0) is 65.6 Å². The van der Waals surface area contributed by atoms with Gasteiger partial charge < -0.3 is 4.57 Å². The number of hydrogen-bond donors (Lipinski definition) is 1. The lowest BCUT2D eigenvalue weighted by Crippen LogP contribution is -2.34. The number of halogens is 6. The molecule has 0 amide bonds. The number of benzene rings is 2. The Labute approximate surface area is 224 Å². The summed E-state index contributed by atoms with van der Waals surface area (Å²) < 4.78 is 111. The summed E-state index contributed by atoms with van der Waals surface area (Å²) in [5, 5.41) is 0.290. The summed E-state index contributed by atoms with van der Waals surface area (Å²) in [6.07, 6.45) is -4.36. The standard InChI is InChI=1S/C28H32F6N2O2S/c1-26(2,3)16-19-17-36(13-12-35-39(37,38)21-6-4-5-7-21)25-11-8-18(14-23(19)25)22-10-9-20(27(29,30)31)15-24(22)28(32,33)34/h8-11,14-15,17,21,35H,4-7,12-13,16H2,1-3H3. The third kappa shape index (κ3) is 6.80. The second-order valence-corrected chi connectivity index (χ2v) is 13.5. The molecule has 1 aliphatic rings. The maximum absolute atomic E-state index is 13.8. The van der Waals surface area contributed by atoms with Crippen molar-refractivity contribution in [3.8, 4) is 11.1 Å². The van der Waals surface area contributed by atoms with Gasteiger partial charge in [-0.25, -0.2) is 13.1 Å². The zero-order valence-electron chi connectivity index (χ0n) is 22.0. The van der Waals surface area contributed by atoms with Crippen LogP contribution < -0.4 is 4.72 Å². The number of sulfonamides is 1. The Morgan fingerprint density at radius 3 is 2.18 bits per heavy atom. The summed E-state index contributed by atoms with van der Waals surface area (Å²) in [7, 11) is -3.43. The third-order valence-corrected chi connectivity index (χ3v) is 9.00. The SMILES string of the molecule is CC(C)(C)Cc1cn(CCNS(=O)(=O)C2CCCC2)c2ccc(-c3ccc(C(F)(F)F)cc3C(F)(F)F)cc12. The molecule has 0 unspecified atom stereocenters. The number of hydrogen-bond acceptors (Lipinski definition) is 2. The van der Waals surface area contributed by atoms with E-state index in [4.69, 9.17) is 0 Å². The number of nitrogens with one attached hydrogen (secondary N) is 1. The first kappa shape index (κ1) is 29.5. The molecule has 2 aromatic carbocycles. The highest BCUT2D eigenvalue weighted by atomic mass is 32.2. The predicted molar refractivity (Wildman–Crippen MR) is 140 cm³/mol. The van der Waals surface area contributed by atoms with Crippen LogP contribution in [0.15, 0.2) is 42.6 Å². The van der Waals surface area contributed by atoms with Crippen LogP contribution in [-0.4, -0.2) is 24.8 Å². The summed E-state index contributed by atoms with van der Waals surface area (Å²) >= 11 is 0. The van der Waals surface area contributed by atoms with Crippen molar-refractivity contribution in [2.75, 3.05) is 6.54 Å². The molecule has 1 aromatic heterocycles. The fourth-order valence-corrected chi connectivity index (χ4v) is 6.83. The summed E-state index contributed by atoms with van der Waals surface area (Å²) in [6, 6.07) is 6.35. The first-order valence-electron chi connectivity index (χ1n) is 12.8. The molecule has 1 N–H and O–H groups in total. The van der Waals surface area contributed by atoms with Gasteiger partial charge >= 0.3 is 12.4 Å². The molecular formula is C28H32F6N2O2S. The van der Waals surface area contributed by atoms with Crippen LogP contribution in [0.1, 0.15) is 63.1 Å². The summed E-state index contributed by atoms with van der Waals surface area (Å²) in [5.41, 5.74) is -1.49. The topological polar surface area (TPSA) is 51.1 Å². The molecule has 0 bridgehead atoms. The van der Waals surface area contributed by atoms with E-state index in [0.29, 0.717) is 42.8 Å². The molecule has 0 spiro atoms. The molecule has 1 saturated carbocycles. The first-order valence-corrected chi connectivity index (χ1v) is 14.4. The Morgan fingerprint density at radius 2 is 1.59 bits per heavy atom. The second kappa shape index (κ2) is 10.5. The van der Waals surface area contributed by atoms with Crippen molar-refractivity contribution >= 4 is 20.9 Å². The largest absolute Gasteiger partial charge is 0.417 e. The van der Waals surface area contributed by atoms with Crippen LogP contribution in [0.25, 0.3) is 22.0 Å². The van der Waals surface area contributed by atoms with Gasteiger partial charge in [0.25, 0.3) is 0 Å². The van der Waals surface area contributed by atoms with Gasteiger partial charge in [0.05, 0.1) is 16.4 Å². The van der Waals surface area contributed by atoms with Crippen LogP contribution in [0.3, 0.4) is 0 Å². The van der Waals surface area contributed by atoms with Crippen LogP contribution in [0.4, 0.5) is 26.3 Å². The molecule has 1 aliphatic carbocycles. The Bertz CT molecular complexity index is 1440. The minimum atomic E-state index is -4.98. The number of nitrogens with zero attached hydrogens (tertiary/aromatic N) is 1. The van der Waals surface area contributed by atoms with E-state index in [-0.39, 0.29) is 34.4 Å². The molecule has 3 aromatic rings. The number of alkyl halides is 6. The van der Waals surface area contributed by atoms with Gasteiger partial charge in [0.1, 0.15) is 0 Å². The van der Waals surface area contributed by atoms with E-state index in [1.807, 2.05) is 31.5 Å². The van der Waals surface area contributed by atoms with E-state index in [9.17, 15) is 34.8 Å². The van der Waals surface area contributed by atoms with E-state index in [2.05, 4.69) is 4.72 Å². The van der Waals surface area contributed by atoms with Crippen molar-refractivity contribution in [3.05, 3.63) is 59.3 Å². The maximum atomic E-state index is 13.8. The van der Waals surface area contributed by atoms with Gasteiger partial charge in [0.15, 0.2) is 0 Å². The van der Waals surface area contributed by atoms with Crippen molar-refractivity contribution < 1.29 is 34.8 Å². The molecule has 214 valence electrons. The molecule has 0 aliphatic heterocycles. The van der Waals surface area contributed by atoms with Crippen molar-refractivity contribution in [1.29, 1.82) is 0 Å². The highest BCUT2D eigenvalue weighted by Gasteiger charge is 2.38. The Balaban J connectivity index is 1.72. The van der Waals surface area contributed by atoms with Crippen LogP contribution >= 0.6 is 0 Å². The van der Waals surface area contributed by atoms with E-state index >= 15 is 0 Å². The molecule has 4 nitrogen and oxygen atoms in total. The van der Waals surface area contributed by atoms with Crippen molar-refractivity contribution in [2.45, 2.75) is 77.0 Å². The zero-order chi connectivity index (χ0) is 28.8. The fraction of sp³-hybridized carbons (Fsp3) is 0.500. The number of aromatic nitrogens is 1. The number of rotatable bonds is 7. The highest BCUT2D eigenvalue weighted by Crippen LogP contribution is 2.42. The first-order chi connectivity index (χ1) is 18.0. The summed E-state index contributed by atoms with van der Waals surface area (Å²) in [4.78, 5) is 0. The Kier molecular flexibility index (Phi) is 7.90. The normalized spacial score (nSPS) is 15.9. The number of fused-ring (bicyclic) bond motifs is 1. The Hall–Kier alpha value is -2.53. The lowest BCUT2D eigenvalue weighted by molar-refractivity contribution is -0.142. The molecule has 1 heterocycles. The minimum absolute atomic E-state index is 0.150. The lowest BCUT2D eigenvalue weighted by atomic mass is 9.87. The third-order valence-electron chi connectivity index (χ3n) is 7.04. The van der Waals surface area contributed by atoms with E-state index in [1.165, 1.54) is 6.07 Å². The summed E-state index contributed by atoms with van der Waals surface area (Å²) in [6.45, 7) is 6.55. The van der Waals surface area contributed by atoms with Crippen LogP contribution in [-0.2, 0) is 35.3 Å². The van der Waals surface area contributed by atoms with Gasteiger partial charge in [0.2, 0.25) is 10.0 Å². The molecule has 4 rings (SSSR count). The van der Waals surface area contributed by atoms with Crippen molar-refractivity contribution in [1.82, 2.24) is 9.29 Å². The molecule has 0 radical (unpaired) electrons. The van der Waals surface area contributed by atoms with Crippen LogP contribution in [0.5, 0.6) is 0 Å². The smallest absolute Gasteiger partial charge is 0.346 e. The van der Waals surface area contributed by atoms with Gasteiger partial charge in [-0.1, -0.05) is 45.7 Å². The highest BCUT2D eigenvalue weighted by molar-refractivity contribution is 7.90. The van der Waals surface area contributed by atoms with Crippen LogP contribution in [0, 0.1) is 5.41 Å². The molecule has 0 saturated heterocycles. The second-order valence-electron chi connectivity index (χ2n) is 11.4. The molecule has 1 fully saturated rings. The maximum Gasteiger partial charge on any atom is 0.417 e. The monoisotopic (exact) mass is 574 g/mol. The lowest BCUT2D eigenvalue weighted by Gasteiger charge is -2.18. The van der Waals surface area contributed by atoms with Gasteiger partial charge in [0, 0.05) is 30.2 Å². The van der Waals surface area contributed by atoms with E-state index < -0.39 is 33.5 Å². The van der Waals surface area contributed by atoms with Crippen molar-refractivity contribution in [2.24, 2.45) is 5.41 Å². The molecule has 39 heavy (non-hydrogen) atoms. The van der Waals surface area contributed by atoms with Gasteiger partial charge in [-0.2, -0.15) is 26.3 Å². The zero-order valence-corrected chi connectivity index (χ0v) is 22.8. The van der Waals surface area contributed by atoms with Crippen LogP contribution in [0.2, 0.25) is 0 Å². The van der Waals surface area contributed by atoms with Gasteiger partial charge in [-0.15, -0.1) is 0 Å². The quantitative estimate of drug-likeness (QED) is 0.293. The molecular weight excluding hydrogens is 542 g/mol. The molecule has 11 heteroatoms. The van der Waals surface area contributed by atoms with E-state index in [1.54, 1.807) is 12.1 Å². The van der Waals surface area contributed by atoms with Gasteiger partial charge in [-0.3, -0.25) is 0 Å². The summed E-state index contributed by atoms with van der Waals surface area (Å²) in [5.74, 6) is 0. The van der Waals surface area contributed by atoms with Crippen molar-refractivity contribution in [3.63, 3.8) is 0 Å². The average molecular weight is 575 g/mol. The minimum Gasteiger partial charge on any atom is -0.346 e.